The number of fused-ring (bicyclic) bond motifs is 5. The summed E-state index contributed by atoms with van der Waals surface area (Å²) in [6.07, 6.45) is 3.70. The van der Waals surface area contributed by atoms with E-state index in [1.165, 1.54) is 4.90 Å². The molecule has 0 saturated carbocycles. The molecule has 7 nitrogen and oxygen atoms in total. The predicted octanol–water partition coefficient (Wildman–Crippen LogP) is 3.33. The minimum atomic E-state index is -0.769. The Hall–Kier alpha value is -3.45. The highest BCUT2D eigenvalue weighted by Gasteiger charge is 2.64. The van der Waals surface area contributed by atoms with E-state index in [2.05, 4.69) is 6.08 Å². The van der Waals surface area contributed by atoms with Gasteiger partial charge in [0.25, 0.3) is 0 Å². The van der Waals surface area contributed by atoms with Gasteiger partial charge in [0.15, 0.2) is 5.78 Å². The van der Waals surface area contributed by atoms with Crippen LogP contribution >= 0.6 is 0 Å². The van der Waals surface area contributed by atoms with Gasteiger partial charge in [-0.25, -0.2) is 0 Å². The van der Waals surface area contributed by atoms with E-state index in [1.54, 1.807) is 31.4 Å². The first kappa shape index (κ1) is 22.0. The quantitative estimate of drug-likeness (QED) is 0.491. The Labute approximate surface area is 204 Å². The zero-order valence-electron chi connectivity index (χ0n) is 19.8. The van der Waals surface area contributed by atoms with Gasteiger partial charge in [-0.2, -0.15) is 0 Å². The largest absolute Gasteiger partial charge is 0.497 e. The molecule has 4 heterocycles. The fourth-order valence-corrected chi connectivity index (χ4v) is 6.26. The fraction of sp³-hybridized carbons (Fsp3) is 0.393. The number of anilines is 1. The molecular formula is C28H28N2O5. The van der Waals surface area contributed by atoms with Gasteiger partial charge in [-0.3, -0.25) is 19.3 Å². The number of carbonyl (C=O) groups is 3. The van der Waals surface area contributed by atoms with Gasteiger partial charge >= 0.3 is 0 Å². The number of ketones is 1. The van der Waals surface area contributed by atoms with Gasteiger partial charge in [0.05, 0.1) is 37.6 Å². The van der Waals surface area contributed by atoms with E-state index < -0.39 is 17.9 Å². The minimum absolute atomic E-state index is 0.127. The van der Waals surface area contributed by atoms with Crippen LogP contribution in [0.15, 0.2) is 54.6 Å². The maximum absolute atomic E-state index is 14.0. The molecule has 2 aromatic carbocycles. The van der Waals surface area contributed by atoms with Crippen LogP contribution in [0.1, 0.15) is 35.7 Å². The number of para-hydroxylation sites is 1. The van der Waals surface area contributed by atoms with Crippen LogP contribution in [-0.2, 0) is 14.3 Å². The first-order valence-electron chi connectivity index (χ1n) is 12.2. The van der Waals surface area contributed by atoms with E-state index in [0.29, 0.717) is 17.9 Å². The Morgan fingerprint density at radius 1 is 1.06 bits per heavy atom. The van der Waals surface area contributed by atoms with Crippen LogP contribution in [0.5, 0.6) is 5.75 Å². The van der Waals surface area contributed by atoms with Gasteiger partial charge in [0.1, 0.15) is 11.8 Å². The van der Waals surface area contributed by atoms with Gasteiger partial charge in [0, 0.05) is 23.4 Å². The van der Waals surface area contributed by atoms with Crippen LogP contribution in [0.2, 0.25) is 0 Å². The number of nitrogens with zero attached hydrogens (tertiary/aromatic N) is 2. The molecule has 180 valence electrons. The second-order valence-electron chi connectivity index (χ2n) is 9.78. The molecule has 0 aliphatic carbocycles. The van der Waals surface area contributed by atoms with E-state index in [0.717, 1.165) is 29.7 Å². The second kappa shape index (κ2) is 8.34. The van der Waals surface area contributed by atoms with Crippen molar-refractivity contribution in [3.8, 4) is 5.75 Å². The summed E-state index contributed by atoms with van der Waals surface area (Å²) >= 11 is 0. The summed E-state index contributed by atoms with van der Waals surface area (Å²) in [6, 6.07) is 13.7. The molecule has 0 N–H and O–H groups in total. The number of ether oxygens (including phenoxy) is 2. The van der Waals surface area contributed by atoms with Crippen molar-refractivity contribution in [2.45, 2.75) is 38.0 Å². The smallest absolute Gasteiger partial charge is 0.235 e. The number of hydrogen-bond acceptors (Lipinski definition) is 6. The molecule has 6 rings (SSSR count). The molecule has 0 unspecified atom stereocenters. The highest BCUT2D eigenvalue weighted by molar-refractivity contribution is 6.14. The third-order valence-corrected chi connectivity index (χ3v) is 7.90. The highest BCUT2D eigenvalue weighted by Crippen LogP contribution is 2.50. The number of methoxy groups -OCH3 is 1. The molecule has 0 radical (unpaired) electrons. The number of likely N-dealkylation sites (tertiary alicyclic amines) is 1. The van der Waals surface area contributed by atoms with E-state index in [9.17, 15) is 14.4 Å². The topological polar surface area (TPSA) is 76.1 Å². The monoisotopic (exact) mass is 472 g/mol. The zero-order chi connectivity index (χ0) is 24.3. The molecule has 2 aromatic rings. The number of amides is 2. The summed E-state index contributed by atoms with van der Waals surface area (Å²) in [4.78, 5) is 44.9. The SMILES string of the molecule is COc1ccc(C(=O)[C@H]2[C@H]3C(=O)N(C[C@@H]4CCCO4)C(=O)[C@H]3[C@@H]3C=C(C)c4ccccc4N32)cc1. The van der Waals surface area contributed by atoms with E-state index in [4.69, 9.17) is 9.47 Å². The van der Waals surface area contributed by atoms with Crippen LogP contribution in [0.3, 0.4) is 0 Å². The summed E-state index contributed by atoms with van der Waals surface area (Å²) in [5.41, 5.74) is 3.46. The van der Waals surface area contributed by atoms with Gasteiger partial charge in [-0.1, -0.05) is 24.3 Å². The molecule has 4 aliphatic rings. The maximum atomic E-state index is 14.0. The van der Waals surface area contributed by atoms with Crippen molar-refractivity contribution in [3.05, 3.63) is 65.7 Å². The lowest BCUT2D eigenvalue weighted by Gasteiger charge is -2.38. The summed E-state index contributed by atoms with van der Waals surface area (Å²) in [5, 5.41) is 0. The lowest BCUT2D eigenvalue weighted by atomic mass is 9.85. The first-order valence-corrected chi connectivity index (χ1v) is 12.2. The number of carbonyl (C=O) groups excluding carboxylic acids is 3. The van der Waals surface area contributed by atoms with Crippen molar-refractivity contribution >= 4 is 28.9 Å². The van der Waals surface area contributed by atoms with Gasteiger partial charge < -0.3 is 14.4 Å². The van der Waals surface area contributed by atoms with Crippen LogP contribution < -0.4 is 9.64 Å². The summed E-state index contributed by atoms with van der Waals surface area (Å²) in [7, 11) is 1.58. The van der Waals surface area contributed by atoms with Gasteiger partial charge in [-0.15, -0.1) is 0 Å². The number of Topliss-reactive ketones (excluding diaryl/α,β-unsaturated/α-hetero) is 1. The second-order valence-corrected chi connectivity index (χ2v) is 9.78. The molecule has 0 bridgehead atoms. The first-order chi connectivity index (χ1) is 17.0. The third-order valence-electron chi connectivity index (χ3n) is 7.90. The lowest BCUT2D eigenvalue weighted by Crippen LogP contribution is -2.49. The summed E-state index contributed by atoms with van der Waals surface area (Å²) in [5.74, 6) is -1.30. The van der Waals surface area contributed by atoms with E-state index in [-0.39, 0.29) is 36.3 Å². The maximum Gasteiger partial charge on any atom is 0.235 e. The van der Waals surface area contributed by atoms with Crippen molar-refractivity contribution in [1.29, 1.82) is 0 Å². The predicted molar refractivity (Wildman–Crippen MR) is 130 cm³/mol. The third kappa shape index (κ3) is 3.32. The van der Waals surface area contributed by atoms with Crippen molar-refractivity contribution < 1.29 is 23.9 Å². The molecule has 5 atom stereocenters. The van der Waals surface area contributed by atoms with Crippen molar-refractivity contribution in [3.63, 3.8) is 0 Å². The van der Waals surface area contributed by atoms with Crippen LogP contribution in [0.25, 0.3) is 5.57 Å². The van der Waals surface area contributed by atoms with Gasteiger partial charge in [-0.05, 0) is 55.7 Å². The Morgan fingerprint density at radius 3 is 2.51 bits per heavy atom. The summed E-state index contributed by atoms with van der Waals surface area (Å²) in [6.45, 7) is 2.94. The number of benzene rings is 2. The van der Waals surface area contributed by atoms with Crippen molar-refractivity contribution in [2.24, 2.45) is 11.8 Å². The number of rotatable bonds is 5. The van der Waals surface area contributed by atoms with Crippen molar-refractivity contribution in [1.82, 2.24) is 4.90 Å². The molecule has 0 spiro atoms. The van der Waals surface area contributed by atoms with E-state index >= 15 is 0 Å². The Bertz CT molecular complexity index is 1230. The molecule has 3 fully saturated rings. The zero-order valence-corrected chi connectivity index (χ0v) is 19.8. The Kier molecular flexibility index (Phi) is 5.25. The normalized spacial score (nSPS) is 29.1. The van der Waals surface area contributed by atoms with E-state index in [1.807, 2.05) is 36.1 Å². The molecule has 0 aromatic heterocycles. The molecular weight excluding hydrogens is 444 g/mol. The summed E-state index contributed by atoms with van der Waals surface area (Å²) < 4.78 is 11.0. The molecule has 3 saturated heterocycles. The molecule has 35 heavy (non-hydrogen) atoms. The average molecular weight is 473 g/mol. The van der Waals surface area contributed by atoms with Gasteiger partial charge in [0.2, 0.25) is 11.8 Å². The number of allylic oxidation sites excluding steroid dienone is 1. The van der Waals surface area contributed by atoms with Crippen LogP contribution in [-0.4, -0.2) is 60.9 Å². The fourth-order valence-electron chi connectivity index (χ4n) is 6.26. The Balaban J connectivity index is 1.44. The molecule has 4 aliphatic heterocycles. The number of hydrogen-bond donors (Lipinski definition) is 0. The van der Waals surface area contributed by atoms with Crippen LogP contribution in [0.4, 0.5) is 5.69 Å². The standard InChI is InChI=1S/C28H28N2O5/c1-16-14-22-23-24(28(33)29(27(23)32)15-19-6-5-13-35-19)25(30(22)21-8-4-3-7-20(16)21)26(31)17-9-11-18(34-2)12-10-17/h3-4,7-12,14,19,22-25H,5-6,13,15H2,1-2H3/t19-,22-,23-,24-,25+/m0/s1. The Morgan fingerprint density at radius 2 is 1.80 bits per heavy atom. The lowest BCUT2D eigenvalue weighted by molar-refractivity contribution is -0.142. The number of imide groups is 1. The average Bonchev–Trinajstić information content (AvgIpc) is 3.57. The molecule has 7 heteroatoms. The van der Waals surface area contributed by atoms with Crippen molar-refractivity contribution in [2.75, 3.05) is 25.2 Å². The highest BCUT2D eigenvalue weighted by atomic mass is 16.5. The van der Waals surface area contributed by atoms with Crippen LogP contribution in [0, 0.1) is 11.8 Å². The molecule has 2 amide bonds. The minimum Gasteiger partial charge on any atom is -0.497 e.